The molecule has 168 valence electrons. The van der Waals surface area contributed by atoms with Crippen LogP contribution in [0.3, 0.4) is 0 Å². The molecule has 2 aromatic carbocycles. The number of benzene rings is 2. The lowest BCUT2D eigenvalue weighted by molar-refractivity contribution is -0.117. The molecule has 2 heterocycles. The standard InChI is InChI=1S/C24H22N4O5/c1-32-19-7-6-14(10-20(19)33-18-5-3-2-4-17(18)24(26)31)16-12-22(29)28(13-16)21-11-15(23(25)30)8-9-27-21/h2-11,16H,12-13H2,1H3,(H2,25,30)(H2,26,31). The lowest BCUT2D eigenvalue weighted by Crippen LogP contribution is -2.26. The SMILES string of the molecule is COc1ccc(C2CC(=O)N(c3cc(C(N)=O)ccn3)C2)cc1Oc1ccccc1C(N)=O. The smallest absolute Gasteiger partial charge is 0.252 e. The number of nitrogens with two attached hydrogens (primary N) is 2. The van der Waals surface area contributed by atoms with Gasteiger partial charge >= 0.3 is 0 Å². The van der Waals surface area contributed by atoms with Crippen LogP contribution in [0.15, 0.2) is 60.8 Å². The second-order valence-corrected chi connectivity index (χ2v) is 7.55. The first-order valence-corrected chi connectivity index (χ1v) is 10.2. The van der Waals surface area contributed by atoms with E-state index in [1.165, 1.54) is 30.3 Å². The Hall–Kier alpha value is -4.40. The predicted octanol–water partition coefficient (Wildman–Crippen LogP) is 2.60. The Labute approximate surface area is 189 Å². The molecule has 1 fully saturated rings. The molecule has 1 aliphatic rings. The van der Waals surface area contributed by atoms with Crippen molar-refractivity contribution >= 4 is 23.5 Å². The van der Waals surface area contributed by atoms with Crippen LogP contribution in [0, 0.1) is 0 Å². The first-order valence-electron chi connectivity index (χ1n) is 10.2. The van der Waals surface area contributed by atoms with E-state index in [1.54, 1.807) is 36.4 Å². The lowest BCUT2D eigenvalue weighted by Gasteiger charge is -2.18. The van der Waals surface area contributed by atoms with Crippen molar-refractivity contribution in [3.63, 3.8) is 0 Å². The molecule has 4 rings (SSSR count). The Bertz CT molecular complexity index is 1240. The van der Waals surface area contributed by atoms with Crippen molar-refractivity contribution in [2.75, 3.05) is 18.6 Å². The summed E-state index contributed by atoms with van der Waals surface area (Å²) in [5.74, 6) is 0.0795. The van der Waals surface area contributed by atoms with E-state index < -0.39 is 11.8 Å². The van der Waals surface area contributed by atoms with Gasteiger partial charge in [0.25, 0.3) is 5.91 Å². The summed E-state index contributed by atoms with van der Waals surface area (Å²) in [4.78, 5) is 41.7. The van der Waals surface area contributed by atoms with Crippen molar-refractivity contribution in [1.29, 1.82) is 0 Å². The van der Waals surface area contributed by atoms with E-state index in [0.717, 1.165) is 5.56 Å². The number of aromatic nitrogens is 1. The molecule has 1 aromatic heterocycles. The average Bonchev–Trinajstić information content (AvgIpc) is 3.21. The molecule has 33 heavy (non-hydrogen) atoms. The maximum absolute atomic E-state index is 12.7. The van der Waals surface area contributed by atoms with Crippen LogP contribution >= 0.6 is 0 Å². The summed E-state index contributed by atoms with van der Waals surface area (Å²) in [6.45, 7) is 0.373. The van der Waals surface area contributed by atoms with Gasteiger partial charge in [0.1, 0.15) is 11.6 Å². The summed E-state index contributed by atoms with van der Waals surface area (Å²) in [7, 11) is 1.51. The van der Waals surface area contributed by atoms with Gasteiger partial charge in [0, 0.05) is 30.6 Å². The number of para-hydroxylation sites is 1. The van der Waals surface area contributed by atoms with Gasteiger partial charge < -0.3 is 20.9 Å². The molecule has 0 spiro atoms. The van der Waals surface area contributed by atoms with Gasteiger partial charge in [-0.3, -0.25) is 19.3 Å². The molecule has 9 heteroatoms. The number of hydrogen-bond acceptors (Lipinski definition) is 6. The van der Waals surface area contributed by atoms with Gasteiger partial charge in [0.05, 0.1) is 12.7 Å². The predicted molar refractivity (Wildman–Crippen MR) is 120 cm³/mol. The van der Waals surface area contributed by atoms with Crippen molar-refractivity contribution in [2.45, 2.75) is 12.3 Å². The molecule has 3 aromatic rings. The molecular formula is C24H22N4O5. The van der Waals surface area contributed by atoms with Crippen molar-refractivity contribution in [1.82, 2.24) is 4.98 Å². The molecule has 0 radical (unpaired) electrons. The van der Waals surface area contributed by atoms with Gasteiger partial charge in [-0.15, -0.1) is 0 Å². The maximum atomic E-state index is 12.7. The first kappa shape index (κ1) is 21.8. The summed E-state index contributed by atoms with van der Waals surface area (Å²) < 4.78 is 11.4. The van der Waals surface area contributed by atoms with Crippen molar-refractivity contribution in [3.05, 3.63) is 77.5 Å². The fraction of sp³-hybridized carbons (Fsp3) is 0.167. The Balaban J connectivity index is 1.62. The van der Waals surface area contributed by atoms with Crippen LogP contribution in [0.5, 0.6) is 17.2 Å². The van der Waals surface area contributed by atoms with Crippen LogP contribution in [0.2, 0.25) is 0 Å². The van der Waals surface area contributed by atoms with E-state index in [2.05, 4.69) is 4.98 Å². The van der Waals surface area contributed by atoms with Crippen LogP contribution < -0.4 is 25.8 Å². The normalized spacial score (nSPS) is 15.4. The van der Waals surface area contributed by atoms with Gasteiger partial charge in [-0.05, 0) is 42.0 Å². The number of amides is 3. The number of carbonyl (C=O) groups is 3. The molecule has 4 N–H and O–H groups in total. The number of nitrogens with zero attached hydrogens (tertiary/aromatic N) is 2. The van der Waals surface area contributed by atoms with Gasteiger partial charge in [-0.25, -0.2) is 4.98 Å². The third-order valence-corrected chi connectivity index (χ3v) is 5.46. The maximum Gasteiger partial charge on any atom is 0.252 e. The highest BCUT2D eigenvalue weighted by Crippen LogP contribution is 2.38. The third kappa shape index (κ3) is 4.47. The Kier molecular flexibility index (Phi) is 5.95. The molecule has 1 unspecified atom stereocenters. The van der Waals surface area contributed by atoms with E-state index >= 15 is 0 Å². The highest BCUT2D eigenvalue weighted by molar-refractivity contribution is 5.98. The minimum absolute atomic E-state index is 0.119. The topological polar surface area (TPSA) is 138 Å². The number of hydrogen-bond donors (Lipinski definition) is 2. The zero-order valence-corrected chi connectivity index (χ0v) is 17.9. The van der Waals surface area contributed by atoms with E-state index in [9.17, 15) is 14.4 Å². The monoisotopic (exact) mass is 446 g/mol. The summed E-state index contributed by atoms with van der Waals surface area (Å²) in [6, 6.07) is 15.0. The zero-order chi connectivity index (χ0) is 23.5. The molecular weight excluding hydrogens is 424 g/mol. The largest absolute Gasteiger partial charge is 0.493 e. The summed E-state index contributed by atoms with van der Waals surface area (Å²) in [6.07, 6.45) is 1.71. The van der Waals surface area contributed by atoms with Crippen LogP contribution in [0.25, 0.3) is 0 Å². The van der Waals surface area contributed by atoms with E-state index in [1.807, 2.05) is 6.07 Å². The molecule has 0 bridgehead atoms. The summed E-state index contributed by atoms with van der Waals surface area (Å²) in [5, 5.41) is 0. The number of carbonyl (C=O) groups excluding carboxylic acids is 3. The number of rotatable bonds is 7. The van der Waals surface area contributed by atoms with Crippen LogP contribution in [-0.2, 0) is 4.79 Å². The molecule has 1 saturated heterocycles. The van der Waals surface area contributed by atoms with Gasteiger partial charge in [-0.1, -0.05) is 18.2 Å². The number of primary amides is 2. The first-order chi connectivity index (χ1) is 15.9. The Morgan fingerprint density at radius 2 is 1.79 bits per heavy atom. The number of ether oxygens (including phenoxy) is 2. The van der Waals surface area contributed by atoms with Gasteiger partial charge in [-0.2, -0.15) is 0 Å². The fourth-order valence-corrected chi connectivity index (χ4v) is 3.78. The van der Waals surface area contributed by atoms with Gasteiger partial charge in [0.15, 0.2) is 11.5 Å². The lowest BCUT2D eigenvalue weighted by atomic mass is 9.98. The quantitative estimate of drug-likeness (QED) is 0.572. The molecule has 0 aliphatic carbocycles. The molecule has 1 atom stereocenters. The van der Waals surface area contributed by atoms with Crippen LogP contribution in [0.1, 0.15) is 38.6 Å². The average molecular weight is 446 g/mol. The fourth-order valence-electron chi connectivity index (χ4n) is 3.78. The molecule has 0 saturated carbocycles. The van der Waals surface area contributed by atoms with E-state index in [-0.39, 0.29) is 29.4 Å². The number of anilines is 1. The number of methoxy groups -OCH3 is 1. The minimum atomic E-state index is -0.608. The zero-order valence-electron chi connectivity index (χ0n) is 17.9. The van der Waals surface area contributed by atoms with E-state index in [4.69, 9.17) is 20.9 Å². The highest BCUT2D eigenvalue weighted by Gasteiger charge is 2.33. The second kappa shape index (κ2) is 8.99. The van der Waals surface area contributed by atoms with Crippen LogP contribution in [-0.4, -0.2) is 36.4 Å². The second-order valence-electron chi connectivity index (χ2n) is 7.55. The van der Waals surface area contributed by atoms with Crippen molar-refractivity contribution < 1.29 is 23.9 Å². The van der Waals surface area contributed by atoms with Crippen molar-refractivity contribution in [3.8, 4) is 17.2 Å². The summed E-state index contributed by atoms with van der Waals surface area (Å²) >= 11 is 0. The minimum Gasteiger partial charge on any atom is -0.493 e. The highest BCUT2D eigenvalue weighted by atomic mass is 16.5. The number of pyridine rings is 1. The molecule has 3 amide bonds. The molecule has 9 nitrogen and oxygen atoms in total. The third-order valence-electron chi connectivity index (χ3n) is 5.46. The molecule has 1 aliphatic heterocycles. The van der Waals surface area contributed by atoms with Gasteiger partial charge in [0.2, 0.25) is 11.8 Å². The van der Waals surface area contributed by atoms with Crippen molar-refractivity contribution in [2.24, 2.45) is 11.5 Å². The van der Waals surface area contributed by atoms with Crippen LogP contribution in [0.4, 0.5) is 5.82 Å². The Morgan fingerprint density at radius 1 is 1.00 bits per heavy atom. The summed E-state index contributed by atoms with van der Waals surface area (Å²) in [5.41, 5.74) is 12.2. The van der Waals surface area contributed by atoms with E-state index in [0.29, 0.717) is 29.6 Å². The Morgan fingerprint density at radius 3 is 2.52 bits per heavy atom.